The molecule has 4 rings (SSSR count). The number of rotatable bonds is 4. The summed E-state index contributed by atoms with van der Waals surface area (Å²) in [6, 6.07) is 19.3. The zero-order valence-electron chi connectivity index (χ0n) is 14.9. The quantitative estimate of drug-likeness (QED) is 0.848. The first-order valence-electron chi connectivity index (χ1n) is 8.95. The van der Waals surface area contributed by atoms with Crippen LogP contribution in [-0.4, -0.2) is 37.3 Å². The molecule has 4 nitrogen and oxygen atoms in total. The SMILES string of the molecule is COc1cc(C2=CC3COCC(C2)N3Cc2ccccc2)ccc1C#N. The monoisotopic (exact) mass is 346 g/mol. The average Bonchev–Trinajstić information content (AvgIpc) is 2.68. The summed E-state index contributed by atoms with van der Waals surface area (Å²) in [7, 11) is 1.61. The fourth-order valence-electron chi connectivity index (χ4n) is 3.90. The van der Waals surface area contributed by atoms with Gasteiger partial charge in [0.25, 0.3) is 0 Å². The molecule has 2 aromatic rings. The second-order valence-corrected chi connectivity index (χ2v) is 6.84. The van der Waals surface area contributed by atoms with Crippen LogP contribution in [0.4, 0.5) is 0 Å². The molecule has 2 bridgehead atoms. The number of nitriles is 1. The first-order chi connectivity index (χ1) is 12.8. The molecule has 2 unspecified atom stereocenters. The van der Waals surface area contributed by atoms with E-state index in [0.29, 0.717) is 17.4 Å². The molecule has 26 heavy (non-hydrogen) atoms. The van der Waals surface area contributed by atoms with Crippen LogP contribution in [0, 0.1) is 11.3 Å². The van der Waals surface area contributed by atoms with Gasteiger partial charge in [-0.05, 0) is 35.3 Å². The fourth-order valence-corrected chi connectivity index (χ4v) is 3.90. The molecule has 4 heteroatoms. The largest absolute Gasteiger partial charge is 0.495 e. The molecule has 2 aromatic carbocycles. The van der Waals surface area contributed by atoms with Crippen molar-refractivity contribution in [3.05, 3.63) is 71.3 Å². The molecule has 0 amide bonds. The number of hydrogen-bond donors (Lipinski definition) is 0. The van der Waals surface area contributed by atoms with E-state index in [9.17, 15) is 5.26 Å². The molecular formula is C22H22N2O2. The van der Waals surface area contributed by atoms with Gasteiger partial charge in [-0.2, -0.15) is 5.26 Å². The third-order valence-corrected chi connectivity index (χ3v) is 5.24. The first kappa shape index (κ1) is 16.8. The van der Waals surface area contributed by atoms with E-state index >= 15 is 0 Å². The van der Waals surface area contributed by atoms with Gasteiger partial charge in [-0.3, -0.25) is 4.90 Å². The molecular weight excluding hydrogens is 324 g/mol. The van der Waals surface area contributed by atoms with Gasteiger partial charge in [0.15, 0.2) is 0 Å². The van der Waals surface area contributed by atoms with E-state index < -0.39 is 0 Å². The Hall–Kier alpha value is -2.61. The highest BCUT2D eigenvalue weighted by Crippen LogP contribution is 2.35. The van der Waals surface area contributed by atoms with Crippen molar-refractivity contribution < 1.29 is 9.47 Å². The molecule has 2 aliphatic heterocycles. The molecule has 2 atom stereocenters. The predicted molar refractivity (Wildman–Crippen MR) is 101 cm³/mol. The van der Waals surface area contributed by atoms with Gasteiger partial charge < -0.3 is 9.47 Å². The lowest BCUT2D eigenvalue weighted by molar-refractivity contribution is -0.0402. The Kier molecular flexibility index (Phi) is 4.75. The number of morpholine rings is 1. The number of hydrogen-bond acceptors (Lipinski definition) is 4. The molecule has 132 valence electrons. The van der Waals surface area contributed by atoms with Crippen LogP contribution in [0.3, 0.4) is 0 Å². The van der Waals surface area contributed by atoms with E-state index in [-0.39, 0.29) is 6.04 Å². The Morgan fingerprint density at radius 3 is 2.77 bits per heavy atom. The smallest absolute Gasteiger partial charge is 0.137 e. The van der Waals surface area contributed by atoms with Crippen LogP contribution < -0.4 is 4.74 Å². The Labute approximate surface area is 154 Å². The van der Waals surface area contributed by atoms with Gasteiger partial charge in [0.1, 0.15) is 11.8 Å². The van der Waals surface area contributed by atoms with Gasteiger partial charge in [-0.15, -0.1) is 0 Å². The zero-order chi connectivity index (χ0) is 17.9. The van der Waals surface area contributed by atoms with Crippen LogP contribution in [0.5, 0.6) is 5.75 Å². The van der Waals surface area contributed by atoms with E-state index in [2.05, 4.69) is 47.4 Å². The van der Waals surface area contributed by atoms with Crippen molar-refractivity contribution in [1.29, 1.82) is 5.26 Å². The van der Waals surface area contributed by atoms with Crippen LogP contribution in [0.15, 0.2) is 54.6 Å². The normalized spacial score (nSPS) is 22.4. The maximum absolute atomic E-state index is 9.19. The number of fused-ring (bicyclic) bond motifs is 2. The lowest BCUT2D eigenvalue weighted by atomic mass is 9.89. The lowest BCUT2D eigenvalue weighted by Gasteiger charge is -2.45. The molecule has 1 fully saturated rings. The topological polar surface area (TPSA) is 45.5 Å². The fraction of sp³-hybridized carbons (Fsp3) is 0.318. The Morgan fingerprint density at radius 1 is 1.19 bits per heavy atom. The molecule has 0 saturated carbocycles. The van der Waals surface area contributed by atoms with Crippen molar-refractivity contribution >= 4 is 5.57 Å². The number of nitrogens with zero attached hydrogens (tertiary/aromatic N) is 2. The number of benzene rings is 2. The van der Waals surface area contributed by atoms with Gasteiger partial charge in [0.2, 0.25) is 0 Å². The van der Waals surface area contributed by atoms with Gasteiger partial charge in [0, 0.05) is 12.6 Å². The number of ether oxygens (including phenoxy) is 2. The second-order valence-electron chi connectivity index (χ2n) is 6.84. The molecule has 0 aromatic heterocycles. The highest BCUT2D eigenvalue weighted by molar-refractivity contribution is 5.70. The molecule has 0 spiro atoms. The van der Waals surface area contributed by atoms with Crippen LogP contribution in [-0.2, 0) is 11.3 Å². The molecule has 0 aliphatic carbocycles. The van der Waals surface area contributed by atoms with Crippen LogP contribution >= 0.6 is 0 Å². The van der Waals surface area contributed by atoms with Crippen molar-refractivity contribution in [3.8, 4) is 11.8 Å². The van der Waals surface area contributed by atoms with Gasteiger partial charge in [-0.25, -0.2) is 0 Å². The van der Waals surface area contributed by atoms with E-state index in [0.717, 1.165) is 31.7 Å². The molecule has 2 heterocycles. The maximum Gasteiger partial charge on any atom is 0.137 e. The third-order valence-electron chi connectivity index (χ3n) is 5.24. The molecule has 2 aliphatic rings. The van der Waals surface area contributed by atoms with Gasteiger partial charge in [0.05, 0.1) is 31.9 Å². The van der Waals surface area contributed by atoms with E-state index in [4.69, 9.17) is 9.47 Å². The van der Waals surface area contributed by atoms with Crippen molar-refractivity contribution in [2.75, 3.05) is 20.3 Å². The molecule has 1 saturated heterocycles. The van der Waals surface area contributed by atoms with E-state index in [1.54, 1.807) is 7.11 Å². The predicted octanol–water partition coefficient (Wildman–Crippen LogP) is 3.62. The summed E-state index contributed by atoms with van der Waals surface area (Å²) < 4.78 is 11.2. The Morgan fingerprint density at radius 2 is 2.04 bits per heavy atom. The Balaban J connectivity index is 1.61. The Bertz CT molecular complexity index is 854. The molecule has 0 N–H and O–H groups in total. The molecule has 0 radical (unpaired) electrons. The van der Waals surface area contributed by atoms with E-state index in [1.165, 1.54) is 11.1 Å². The minimum absolute atomic E-state index is 0.277. The zero-order valence-corrected chi connectivity index (χ0v) is 14.9. The minimum atomic E-state index is 0.277. The first-order valence-corrected chi connectivity index (χ1v) is 8.95. The highest BCUT2D eigenvalue weighted by Gasteiger charge is 2.34. The second kappa shape index (κ2) is 7.33. The minimum Gasteiger partial charge on any atom is -0.495 e. The van der Waals surface area contributed by atoms with Crippen molar-refractivity contribution in [2.45, 2.75) is 25.0 Å². The van der Waals surface area contributed by atoms with Crippen LogP contribution in [0.1, 0.15) is 23.1 Å². The summed E-state index contributed by atoms with van der Waals surface area (Å²) >= 11 is 0. The standard InChI is InChI=1S/C22H22N2O2/c1-25-22-11-17(7-8-18(22)12-23)19-9-20-14-26-15-21(10-19)24(20)13-16-5-3-2-4-6-16/h2-9,11,20-21H,10,13-15H2,1H3. The summed E-state index contributed by atoms with van der Waals surface area (Å²) in [5, 5.41) is 9.19. The van der Waals surface area contributed by atoms with Gasteiger partial charge in [-0.1, -0.05) is 42.5 Å². The maximum atomic E-state index is 9.19. The summed E-state index contributed by atoms with van der Waals surface area (Å²) in [5.74, 6) is 0.638. The van der Waals surface area contributed by atoms with E-state index in [1.807, 2.05) is 18.2 Å². The summed E-state index contributed by atoms with van der Waals surface area (Å²) in [4.78, 5) is 2.54. The summed E-state index contributed by atoms with van der Waals surface area (Å²) in [6.07, 6.45) is 3.26. The van der Waals surface area contributed by atoms with Crippen molar-refractivity contribution in [1.82, 2.24) is 4.90 Å². The van der Waals surface area contributed by atoms with Gasteiger partial charge >= 0.3 is 0 Å². The van der Waals surface area contributed by atoms with Crippen LogP contribution in [0.25, 0.3) is 5.57 Å². The lowest BCUT2D eigenvalue weighted by Crippen LogP contribution is -2.53. The highest BCUT2D eigenvalue weighted by atomic mass is 16.5. The summed E-state index contributed by atoms with van der Waals surface area (Å²) in [5.41, 5.74) is 4.36. The number of methoxy groups -OCH3 is 1. The third kappa shape index (κ3) is 3.24. The summed E-state index contributed by atoms with van der Waals surface area (Å²) in [6.45, 7) is 2.42. The average molecular weight is 346 g/mol. The van der Waals surface area contributed by atoms with Crippen LogP contribution in [0.2, 0.25) is 0 Å². The van der Waals surface area contributed by atoms with Crippen molar-refractivity contribution in [2.24, 2.45) is 0 Å². The van der Waals surface area contributed by atoms with Crippen molar-refractivity contribution in [3.63, 3.8) is 0 Å².